The van der Waals surface area contributed by atoms with Crippen LogP contribution in [0.1, 0.15) is 258 Å². The molecule has 11 heteroatoms. The number of carbonyl (C=O) groups is 1. The molecule has 0 spiro atoms. The van der Waals surface area contributed by atoms with Crippen molar-refractivity contribution in [2.45, 2.75) is 313 Å². The van der Waals surface area contributed by atoms with Crippen LogP contribution in [0.2, 0.25) is 0 Å². The molecule has 9 unspecified atom stereocenters. The fourth-order valence-corrected chi connectivity index (χ4v) is 9.23. The molecule has 9 atom stereocenters. The minimum atomic E-state index is -1.67. The first-order valence-electron chi connectivity index (χ1n) is 29.5. The summed E-state index contributed by atoms with van der Waals surface area (Å²) in [4.78, 5) is 13.2. The Balaban J connectivity index is 2.28. The fourth-order valence-electron chi connectivity index (χ4n) is 9.23. The van der Waals surface area contributed by atoms with Crippen LogP contribution in [-0.2, 0) is 14.3 Å². The largest absolute Gasteiger partial charge is 0.394 e. The topological polar surface area (TPSA) is 189 Å². The van der Waals surface area contributed by atoms with Crippen LogP contribution in [0.15, 0.2) is 48.6 Å². The number of nitrogens with one attached hydrogen (secondary N) is 1. The molecule has 1 aliphatic heterocycles. The van der Waals surface area contributed by atoms with E-state index < -0.39 is 74.2 Å². The highest BCUT2D eigenvalue weighted by molar-refractivity contribution is 5.80. The van der Waals surface area contributed by atoms with Gasteiger partial charge in [0.25, 0.3) is 0 Å². The quantitative estimate of drug-likeness (QED) is 0.0215. The van der Waals surface area contributed by atoms with E-state index in [1.165, 1.54) is 167 Å². The number of aliphatic hydroxyl groups is 7. The second kappa shape index (κ2) is 49.0. The second-order valence-corrected chi connectivity index (χ2v) is 20.7. The third kappa shape index (κ3) is 37.5. The first-order chi connectivity index (χ1) is 34.7. The van der Waals surface area contributed by atoms with E-state index in [0.717, 1.165) is 44.9 Å². The van der Waals surface area contributed by atoms with Crippen molar-refractivity contribution in [1.82, 2.24) is 5.32 Å². The van der Waals surface area contributed by atoms with Gasteiger partial charge < -0.3 is 50.5 Å². The van der Waals surface area contributed by atoms with Crippen LogP contribution in [0.25, 0.3) is 0 Å². The number of hydrogen-bond acceptors (Lipinski definition) is 10. The zero-order valence-electron chi connectivity index (χ0n) is 45.5. The van der Waals surface area contributed by atoms with E-state index in [9.17, 15) is 40.5 Å². The summed E-state index contributed by atoms with van der Waals surface area (Å²) in [5.74, 6) is -0.712. The molecule has 0 saturated carbocycles. The summed E-state index contributed by atoms with van der Waals surface area (Å²) < 4.78 is 11.1. The Kier molecular flexibility index (Phi) is 46.3. The van der Waals surface area contributed by atoms with Crippen LogP contribution in [0.5, 0.6) is 0 Å². The molecule has 0 aromatic heterocycles. The molecule has 71 heavy (non-hydrogen) atoms. The van der Waals surface area contributed by atoms with E-state index in [1.54, 1.807) is 0 Å². The zero-order valence-corrected chi connectivity index (χ0v) is 45.5. The Bertz CT molecular complexity index is 1290. The van der Waals surface area contributed by atoms with Crippen LogP contribution in [0, 0.1) is 0 Å². The third-order valence-electron chi connectivity index (χ3n) is 14.1. The summed E-state index contributed by atoms with van der Waals surface area (Å²) >= 11 is 0. The highest BCUT2D eigenvalue weighted by atomic mass is 16.7. The van der Waals surface area contributed by atoms with Gasteiger partial charge in [-0.1, -0.05) is 217 Å². The predicted molar refractivity (Wildman–Crippen MR) is 293 cm³/mol. The maximum absolute atomic E-state index is 13.2. The zero-order chi connectivity index (χ0) is 51.8. The van der Waals surface area contributed by atoms with Crippen LogP contribution in [0.4, 0.5) is 0 Å². The fraction of sp³-hybridized carbons (Fsp3) is 0.850. The van der Waals surface area contributed by atoms with E-state index in [-0.39, 0.29) is 12.8 Å². The number of unbranched alkanes of at least 4 members (excludes halogenated alkanes) is 30. The average molecular weight is 1010 g/mol. The maximum Gasteiger partial charge on any atom is 0.249 e. The number of amides is 1. The second-order valence-electron chi connectivity index (χ2n) is 20.7. The lowest BCUT2D eigenvalue weighted by Gasteiger charge is -2.40. The Morgan fingerprint density at radius 2 is 0.845 bits per heavy atom. The van der Waals surface area contributed by atoms with Crippen LogP contribution in [-0.4, -0.2) is 110 Å². The van der Waals surface area contributed by atoms with E-state index in [4.69, 9.17) is 9.47 Å². The number of carbonyl (C=O) groups excluding carboxylic acids is 1. The normalized spacial score (nSPS) is 20.5. The molecule has 0 radical (unpaired) electrons. The summed E-state index contributed by atoms with van der Waals surface area (Å²) in [5.41, 5.74) is 0. The first kappa shape index (κ1) is 67.1. The van der Waals surface area contributed by atoms with Gasteiger partial charge in [-0.25, -0.2) is 0 Å². The molecule has 1 heterocycles. The number of ether oxygens (including phenoxy) is 2. The Morgan fingerprint density at radius 1 is 0.479 bits per heavy atom. The van der Waals surface area contributed by atoms with Crippen molar-refractivity contribution in [3.8, 4) is 0 Å². The summed E-state index contributed by atoms with van der Waals surface area (Å²) in [7, 11) is 0. The lowest BCUT2D eigenvalue weighted by molar-refractivity contribution is -0.303. The van der Waals surface area contributed by atoms with Crippen LogP contribution < -0.4 is 5.32 Å². The van der Waals surface area contributed by atoms with Crippen molar-refractivity contribution in [2.75, 3.05) is 13.2 Å². The molecule has 1 saturated heterocycles. The van der Waals surface area contributed by atoms with Gasteiger partial charge in [0.15, 0.2) is 6.29 Å². The standard InChI is InChI=1S/C60H111NO10/c1-3-5-7-9-11-13-15-17-19-21-22-23-24-25-26-27-28-29-30-31-32-34-36-38-40-42-44-46-48-53(64)59(69)61-51(50-70-60-58(68)57(67)56(66)54(49-62)71-60)55(65)52(63)47-45-43-41-39-37-35-33-20-18-16-14-12-10-8-6-4-2/h12,14,20,25-26,33,39,41,51-58,60,62-68H,3-11,13,15-19,21-24,27-32,34-38,40,42-50H2,1-2H3,(H,61,69)/b14-12+,26-25-,33-20+,41-39+. The van der Waals surface area contributed by atoms with Gasteiger partial charge in [0.1, 0.15) is 36.6 Å². The Morgan fingerprint density at radius 3 is 1.28 bits per heavy atom. The van der Waals surface area contributed by atoms with Crippen molar-refractivity contribution in [1.29, 1.82) is 0 Å². The van der Waals surface area contributed by atoms with Crippen molar-refractivity contribution in [2.24, 2.45) is 0 Å². The average Bonchev–Trinajstić information content (AvgIpc) is 3.37. The van der Waals surface area contributed by atoms with Crippen molar-refractivity contribution < 1.29 is 50.0 Å². The lowest BCUT2D eigenvalue weighted by atomic mass is 9.98. The molecular weight excluding hydrogens is 895 g/mol. The minimum Gasteiger partial charge on any atom is -0.394 e. The van der Waals surface area contributed by atoms with Gasteiger partial charge in [-0.05, 0) is 89.9 Å². The van der Waals surface area contributed by atoms with E-state index in [2.05, 4.69) is 67.8 Å². The molecule has 8 N–H and O–H groups in total. The monoisotopic (exact) mass is 1010 g/mol. The Hall–Kier alpha value is -1.93. The van der Waals surface area contributed by atoms with Crippen molar-refractivity contribution in [3.63, 3.8) is 0 Å². The van der Waals surface area contributed by atoms with Gasteiger partial charge in [0.2, 0.25) is 5.91 Å². The molecule has 0 aliphatic carbocycles. The Labute approximate surface area is 434 Å². The van der Waals surface area contributed by atoms with Gasteiger partial charge in [0, 0.05) is 0 Å². The van der Waals surface area contributed by atoms with Gasteiger partial charge >= 0.3 is 0 Å². The van der Waals surface area contributed by atoms with Crippen LogP contribution in [0.3, 0.4) is 0 Å². The minimum absolute atomic E-state index is 0.240. The molecule has 1 fully saturated rings. The summed E-state index contributed by atoms with van der Waals surface area (Å²) in [6.07, 6.45) is 50.3. The number of hydrogen-bond donors (Lipinski definition) is 8. The van der Waals surface area contributed by atoms with E-state index in [0.29, 0.717) is 19.3 Å². The number of aliphatic hydroxyl groups excluding tert-OH is 7. The van der Waals surface area contributed by atoms with Crippen molar-refractivity contribution >= 4 is 5.91 Å². The lowest BCUT2D eigenvalue weighted by Crippen LogP contribution is -2.60. The molecule has 416 valence electrons. The van der Waals surface area contributed by atoms with Gasteiger partial charge in [-0.15, -0.1) is 0 Å². The molecule has 1 rings (SSSR count). The molecule has 0 aromatic carbocycles. The maximum atomic E-state index is 13.2. The van der Waals surface area contributed by atoms with E-state index >= 15 is 0 Å². The van der Waals surface area contributed by atoms with E-state index in [1.807, 2.05) is 0 Å². The SMILES string of the molecule is CCCCC/C=C/CC/C=C/CC/C=C/CCCC(O)C(O)C(COC1OC(CO)C(O)C(O)C1O)NC(=O)C(O)CCCCCCCCCCCCCC/C=C\CCCCCCCCCCCCCC. The molecule has 1 aliphatic rings. The van der Waals surface area contributed by atoms with Gasteiger partial charge in [-0.3, -0.25) is 4.79 Å². The first-order valence-corrected chi connectivity index (χ1v) is 29.5. The highest BCUT2D eigenvalue weighted by Gasteiger charge is 2.44. The molecule has 0 bridgehead atoms. The van der Waals surface area contributed by atoms with Gasteiger partial charge in [-0.2, -0.15) is 0 Å². The smallest absolute Gasteiger partial charge is 0.249 e. The molecular formula is C60H111NO10. The molecule has 11 nitrogen and oxygen atoms in total. The number of rotatable bonds is 50. The summed E-state index contributed by atoms with van der Waals surface area (Å²) in [6, 6.07) is -1.20. The number of allylic oxidation sites excluding steroid dienone is 8. The highest BCUT2D eigenvalue weighted by Crippen LogP contribution is 2.23. The van der Waals surface area contributed by atoms with Crippen LogP contribution >= 0.6 is 0 Å². The summed E-state index contributed by atoms with van der Waals surface area (Å²) in [5, 5.41) is 76.0. The molecule has 1 amide bonds. The predicted octanol–water partition coefficient (Wildman–Crippen LogP) is 12.5. The third-order valence-corrected chi connectivity index (χ3v) is 14.1. The molecule has 0 aromatic rings. The van der Waals surface area contributed by atoms with Crippen molar-refractivity contribution in [3.05, 3.63) is 48.6 Å². The van der Waals surface area contributed by atoms with Gasteiger partial charge in [0.05, 0.1) is 25.4 Å². The summed E-state index contributed by atoms with van der Waals surface area (Å²) in [6.45, 7) is 3.42.